The number of aromatic hydroxyl groups is 2. The zero-order valence-electron chi connectivity index (χ0n) is 22.2. The molecule has 11 heteroatoms. The standard InChI is InChI=1S/C28H31NO10/c1-27(36)8-10-6-11-16(21(32)15(10)14(9-27)37-5)22(33)17-13(30)7-12-24(18(17)20(11)31)38-26-23(34)19(29(3)4)25(35)28(12,2)39-26/h6-7,14,19,23,25-26,30,32,34-36H,8-9H2,1-5H3/t14-,19-,23-,25+,26+,27+,28+/m0/s1. The lowest BCUT2D eigenvalue weighted by Gasteiger charge is -2.53. The summed E-state index contributed by atoms with van der Waals surface area (Å²) in [5.41, 5.74) is -2.71. The Balaban J connectivity index is 1.58. The number of methoxy groups -OCH3 is 1. The lowest BCUT2D eigenvalue weighted by Crippen LogP contribution is -2.68. The minimum atomic E-state index is -1.50. The van der Waals surface area contributed by atoms with Crippen molar-refractivity contribution in [1.82, 2.24) is 4.90 Å². The van der Waals surface area contributed by atoms with Crippen LogP contribution >= 0.6 is 0 Å². The van der Waals surface area contributed by atoms with Gasteiger partial charge < -0.3 is 44.6 Å². The van der Waals surface area contributed by atoms with Crippen LogP contribution in [0.3, 0.4) is 0 Å². The van der Waals surface area contributed by atoms with Crippen LogP contribution in [0.2, 0.25) is 0 Å². The minimum Gasteiger partial charge on any atom is -0.507 e. The Bertz CT molecular complexity index is 1450. The second kappa shape index (κ2) is 8.23. The summed E-state index contributed by atoms with van der Waals surface area (Å²) in [6.07, 6.45) is -4.29. The molecule has 2 heterocycles. The molecule has 6 rings (SSSR count). The molecule has 208 valence electrons. The first-order valence-electron chi connectivity index (χ1n) is 12.7. The molecule has 0 spiro atoms. The van der Waals surface area contributed by atoms with E-state index in [9.17, 15) is 35.1 Å². The van der Waals surface area contributed by atoms with Crippen molar-refractivity contribution in [3.05, 3.63) is 51.1 Å². The first-order valence-corrected chi connectivity index (χ1v) is 12.7. The number of carbonyl (C=O) groups excluding carboxylic acids is 2. The summed E-state index contributed by atoms with van der Waals surface area (Å²) in [5.74, 6) is -2.54. The number of aliphatic hydroxyl groups excluding tert-OH is 2. The normalized spacial score (nSPS) is 34.6. The molecule has 2 aromatic carbocycles. The molecule has 2 aliphatic carbocycles. The second-order valence-corrected chi connectivity index (χ2v) is 11.6. The molecule has 2 aromatic rings. The number of phenols is 2. The number of benzene rings is 2. The predicted molar refractivity (Wildman–Crippen MR) is 134 cm³/mol. The van der Waals surface area contributed by atoms with Gasteiger partial charge in [0.2, 0.25) is 12.1 Å². The SMILES string of the molecule is CO[C@H]1C[C@](C)(O)Cc2cc3c(c(O)c21)C(=O)c1c(O)cc2c(c1C3=O)O[C@@H]1O[C@@]2(C)[C@H](O)[C@@H](N(C)C)[C@@H]1O. The third-order valence-electron chi connectivity index (χ3n) is 8.66. The molecule has 5 N–H and O–H groups in total. The molecule has 11 nitrogen and oxygen atoms in total. The van der Waals surface area contributed by atoms with Crippen molar-refractivity contribution in [2.45, 2.75) is 68.5 Å². The van der Waals surface area contributed by atoms with E-state index in [2.05, 4.69) is 0 Å². The summed E-state index contributed by atoms with van der Waals surface area (Å²) >= 11 is 0. The van der Waals surface area contributed by atoms with Crippen molar-refractivity contribution in [2.24, 2.45) is 0 Å². The van der Waals surface area contributed by atoms with E-state index in [1.165, 1.54) is 19.2 Å². The van der Waals surface area contributed by atoms with Gasteiger partial charge in [-0.2, -0.15) is 0 Å². The van der Waals surface area contributed by atoms with Crippen molar-refractivity contribution < 1.29 is 49.3 Å². The monoisotopic (exact) mass is 541 g/mol. The number of likely N-dealkylation sites (N-methyl/N-ethyl adjacent to an activating group) is 1. The molecule has 2 aliphatic heterocycles. The van der Waals surface area contributed by atoms with Gasteiger partial charge in [-0.05, 0) is 45.6 Å². The van der Waals surface area contributed by atoms with E-state index in [-0.39, 0.29) is 46.4 Å². The summed E-state index contributed by atoms with van der Waals surface area (Å²) in [6.45, 7) is 3.19. The van der Waals surface area contributed by atoms with Gasteiger partial charge in [-0.3, -0.25) is 9.59 Å². The molecule has 4 aliphatic rings. The number of rotatable bonds is 2. The van der Waals surface area contributed by atoms with E-state index in [0.29, 0.717) is 11.1 Å². The summed E-state index contributed by atoms with van der Waals surface area (Å²) in [4.78, 5) is 29.5. The lowest BCUT2D eigenvalue weighted by molar-refractivity contribution is -0.311. The Morgan fingerprint density at radius 3 is 2.38 bits per heavy atom. The molecule has 0 radical (unpaired) electrons. The fourth-order valence-corrected chi connectivity index (χ4v) is 6.76. The third-order valence-corrected chi connectivity index (χ3v) is 8.66. The number of ketones is 2. The van der Waals surface area contributed by atoms with Gasteiger partial charge >= 0.3 is 0 Å². The first-order chi connectivity index (χ1) is 18.2. The average Bonchev–Trinajstić information content (AvgIpc) is 2.84. The third kappa shape index (κ3) is 3.38. The number of hydrogen-bond donors (Lipinski definition) is 5. The van der Waals surface area contributed by atoms with E-state index in [0.717, 1.165) is 0 Å². The molecule has 0 amide bonds. The van der Waals surface area contributed by atoms with Gasteiger partial charge in [0.25, 0.3) is 0 Å². The molecule has 7 atom stereocenters. The van der Waals surface area contributed by atoms with E-state index < -0.39 is 64.9 Å². The van der Waals surface area contributed by atoms with Crippen LogP contribution in [0, 0.1) is 0 Å². The highest BCUT2D eigenvalue weighted by Gasteiger charge is 2.59. The van der Waals surface area contributed by atoms with Gasteiger partial charge in [0.05, 0.1) is 34.4 Å². The molecule has 0 saturated carbocycles. The van der Waals surface area contributed by atoms with E-state index in [4.69, 9.17) is 14.2 Å². The van der Waals surface area contributed by atoms with E-state index in [1.807, 2.05) is 0 Å². The molecule has 2 bridgehead atoms. The molecule has 39 heavy (non-hydrogen) atoms. The summed E-state index contributed by atoms with van der Waals surface area (Å²) in [7, 11) is 4.80. The largest absolute Gasteiger partial charge is 0.507 e. The number of hydrogen-bond acceptors (Lipinski definition) is 11. The van der Waals surface area contributed by atoms with Gasteiger partial charge in [-0.25, -0.2) is 0 Å². The van der Waals surface area contributed by atoms with Gasteiger partial charge in [0.1, 0.15) is 35.1 Å². The summed E-state index contributed by atoms with van der Waals surface area (Å²) in [5, 5.41) is 55.4. The number of nitrogens with zero attached hydrogens (tertiary/aromatic N) is 1. The summed E-state index contributed by atoms with van der Waals surface area (Å²) in [6, 6.07) is 1.90. The molecular weight excluding hydrogens is 510 g/mol. The second-order valence-electron chi connectivity index (χ2n) is 11.6. The molecule has 0 unspecified atom stereocenters. The Morgan fingerprint density at radius 2 is 1.74 bits per heavy atom. The predicted octanol–water partition coefficient (Wildman–Crippen LogP) is 0.874. The van der Waals surface area contributed by atoms with Crippen LogP contribution in [0.1, 0.15) is 74.9 Å². The number of ether oxygens (including phenoxy) is 3. The maximum atomic E-state index is 14.1. The van der Waals surface area contributed by atoms with E-state index in [1.54, 1.807) is 32.8 Å². The highest BCUT2D eigenvalue weighted by Crippen LogP contribution is 2.54. The Hall–Kier alpha value is -3.06. The zero-order chi connectivity index (χ0) is 28.3. The zero-order valence-corrected chi connectivity index (χ0v) is 22.2. The maximum Gasteiger partial charge on any atom is 0.228 e. The van der Waals surface area contributed by atoms with Crippen molar-refractivity contribution in [2.75, 3.05) is 21.2 Å². The Labute approximate surface area is 224 Å². The van der Waals surface area contributed by atoms with Crippen LogP contribution in [-0.4, -0.2) is 93.3 Å². The molecular formula is C28H31NO10. The lowest BCUT2D eigenvalue weighted by atomic mass is 9.72. The van der Waals surface area contributed by atoms with Gasteiger partial charge in [-0.1, -0.05) is 0 Å². The highest BCUT2D eigenvalue weighted by molar-refractivity contribution is 6.31. The van der Waals surface area contributed by atoms with Crippen molar-refractivity contribution in [1.29, 1.82) is 0 Å². The van der Waals surface area contributed by atoms with Crippen LogP contribution in [0.15, 0.2) is 12.1 Å². The van der Waals surface area contributed by atoms with Crippen LogP contribution in [0.4, 0.5) is 0 Å². The number of fused-ring (bicyclic) bond motifs is 8. The van der Waals surface area contributed by atoms with Crippen LogP contribution in [0.25, 0.3) is 0 Å². The van der Waals surface area contributed by atoms with Crippen molar-refractivity contribution in [3.63, 3.8) is 0 Å². The van der Waals surface area contributed by atoms with Gasteiger partial charge in [-0.15, -0.1) is 0 Å². The minimum absolute atomic E-state index is 0.0835. The maximum absolute atomic E-state index is 14.1. The molecule has 0 aromatic heterocycles. The topological polar surface area (TPSA) is 166 Å². The highest BCUT2D eigenvalue weighted by atomic mass is 16.7. The first kappa shape index (κ1) is 26.2. The fourth-order valence-electron chi connectivity index (χ4n) is 6.76. The van der Waals surface area contributed by atoms with Crippen LogP contribution in [-0.2, 0) is 21.5 Å². The Morgan fingerprint density at radius 1 is 1.05 bits per heavy atom. The number of phenolic OH excluding ortho intramolecular Hbond substituents is 2. The van der Waals surface area contributed by atoms with E-state index >= 15 is 0 Å². The average molecular weight is 542 g/mol. The molecule has 1 saturated heterocycles. The van der Waals surface area contributed by atoms with Gasteiger partial charge in [0.15, 0.2) is 5.78 Å². The van der Waals surface area contributed by atoms with Gasteiger partial charge in [0, 0.05) is 36.6 Å². The van der Waals surface area contributed by atoms with Crippen LogP contribution < -0.4 is 4.74 Å². The fraction of sp³-hybridized carbons (Fsp3) is 0.500. The van der Waals surface area contributed by atoms with Crippen molar-refractivity contribution >= 4 is 11.6 Å². The summed E-state index contributed by atoms with van der Waals surface area (Å²) < 4.78 is 17.4. The molecule has 1 fully saturated rings. The number of carbonyl (C=O) groups is 2. The Kier molecular flexibility index (Phi) is 5.52. The smallest absolute Gasteiger partial charge is 0.228 e. The number of aliphatic hydroxyl groups is 3. The van der Waals surface area contributed by atoms with Crippen molar-refractivity contribution in [3.8, 4) is 17.2 Å². The van der Waals surface area contributed by atoms with Crippen LogP contribution in [0.5, 0.6) is 17.2 Å². The quantitative estimate of drug-likeness (QED) is 0.312.